The number of aromatic nitrogens is 5. The minimum atomic E-state index is -2.48. The summed E-state index contributed by atoms with van der Waals surface area (Å²) >= 11 is 0. The predicted octanol–water partition coefficient (Wildman–Crippen LogP) is 15.5. The van der Waals surface area contributed by atoms with Gasteiger partial charge in [0.2, 0.25) is 0 Å². The molecule has 7 nitrogen and oxygen atoms in total. The molecule has 4 aromatic heterocycles. The Balaban J connectivity index is 0.000000257. The monoisotopic (exact) mass is 1050 g/mol. The Morgan fingerprint density at radius 3 is 2.11 bits per heavy atom. The second-order valence-corrected chi connectivity index (χ2v) is 18.1. The van der Waals surface area contributed by atoms with Crippen LogP contribution in [0.2, 0.25) is 0 Å². The number of imidazole rings is 1. The van der Waals surface area contributed by atoms with Gasteiger partial charge in [-0.1, -0.05) is 127 Å². The van der Waals surface area contributed by atoms with Crippen molar-refractivity contribution in [1.29, 1.82) is 0 Å². The van der Waals surface area contributed by atoms with Crippen molar-refractivity contribution in [3.8, 4) is 39.6 Å². The summed E-state index contributed by atoms with van der Waals surface area (Å²) in [5.41, 5.74) is 12.1. The molecular formula is C58H51IrN5O2-2. The number of fused-ring (bicyclic) bond motifs is 8. The van der Waals surface area contributed by atoms with E-state index in [4.69, 9.17) is 22.0 Å². The first-order valence-corrected chi connectivity index (χ1v) is 21.9. The molecule has 0 aliphatic heterocycles. The van der Waals surface area contributed by atoms with Crippen LogP contribution in [0.3, 0.4) is 0 Å². The van der Waals surface area contributed by atoms with Gasteiger partial charge in [-0.05, 0) is 75.9 Å². The van der Waals surface area contributed by atoms with Crippen molar-refractivity contribution in [3.05, 3.63) is 174 Å². The van der Waals surface area contributed by atoms with Crippen LogP contribution in [0.1, 0.15) is 96.8 Å². The van der Waals surface area contributed by atoms with E-state index in [1.54, 1.807) is 24.4 Å². The molecule has 11 aromatic rings. The molecule has 0 unspecified atom stereocenters. The predicted molar refractivity (Wildman–Crippen MR) is 266 cm³/mol. The zero-order chi connectivity index (χ0) is 50.1. The molecule has 0 bridgehead atoms. The summed E-state index contributed by atoms with van der Waals surface area (Å²) in [5, 5.41) is 3.87. The molecule has 8 heteroatoms. The Morgan fingerprint density at radius 2 is 1.39 bits per heavy atom. The molecule has 66 heavy (non-hydrogen) atoms. The normalized spacial score (nSPS) is 13.6. The van der Waals surface area contributed by atoms with E-state index >= 15 is 0 Å². The second kappa shape index (κ2) is 17.6. The maximum Gasteiger partial charge on any atom is 0.196 e. The molecule has 0 saturated heterocycles. The quantitative estimate of drug-likeness (QED) is 0.154. The number of nitrogens with zero attached hydrogens (tertiary/aromatic N) is 5. The number of aryl methyl sites for hydroxylation is 2. The maximum atomic E-state index is 7.87. The van der Waals surface area contributed by atoms with Gasteiger partial charge in [0, 0.05) is 68.9 Å². The Bertz CT molecular complexity index is 3760. The summed E-state index contributed by atoms with van der Waals surface area (Å²) < 4.78 is 60.5. The molecule has 0 spiro atoms. The molecule has 0 aliphatic carbocycles. The topological polar surface area (TPSA) is 82.8 Å². The molecule has 0 aliphatic rings. The van der Waals surface area contributed by atoms with Crippen LogP contribution in [-0.4, -0.2) is 24.5 Å². The van der Waals surface area contributed by atoms with E-state index in [1.807, 2.05) is 24.3 Å². The summed E-state index contributed by atoms with van der Waals surface area (Å²) in [6.45, 7) is 10.6. The van der Waals surface area contributed by atoms with Gasteiger partial charge in [0.05, 0.1) is 28.3 Å². The number of furan rings is 1. The standard InChI is InChI=1S/C43H34N3O2.C15H17N2.Ir/c1-24(2)34-22-29(27-12-7-6-8-13-27)23-35(25(3)4)38(34)46-39-30-15-10-9-14-28(30)18-20-36(39)45-43(46)33-17-11-16-31-32-19-21-37-42(47-26(5)44-37)41(32)48-40(31)33;1-11-5-7-12(8-6-11)14-16-10-9-13(17-14)15(2,3)4;/h6-16,18-25H,1-5H3;5-7,9-10H,1-4H3;/q2*-1;/i5D3;1D3;. The van der Waals surface area contributed by atoms with Crippen LogP contribution in [0.15, 0.2) is 142 Å². The third kappa shape index (κ3) is 8.03. The first-order chi connectivity index (χ1) is 33.8. The molecule has 0 saturated carbocycles. The number of hydrogen-bond acceptors (Lipinski definition) is 6. The molecule has 0 atom stereocenters. The van der Waals surface area contributed by atoms with Crippen molar-refractivity contribution in [1.82, 2.24) is 24.5 Å². The van der Waals surface area contributed by atoms with Crippen molar-refractivity contribution < 1.29 is 37.2 Å². The largest absolute Gasteiger partial charge is 0.497 e. The smallest absolute Gasteiger partial charge is 0.196 e. The third-order valence-electron chi connectivity index (χ3n) is 11.9. The van der Waals surface area contributed by atoms with Gasteiger partial charge in [-0.2, -0.15) is 0 Å². The molecule has 331 valence electrons. The molecule has 0 fully saturated rings. The van der Waals surface area contributed by atoms with E-state index in [2.05, 4.69) is 159 Å². The summed E-state index contributed by atoms with van der Waals surface area (Å²) in [7, 11) is 0. The Labute approximate surface area is 407 Å². The van der Waals surface area contributed by atoms with Gasteiger partial charge in [-0.25, -0.2) is 4.98 Å². The van der Waals surface area contributed by atoms with Crippen molar-refractivity contribution in [2.75, 3.05) is 0 Å². The van der Waals surface area contributed by atoms with Crippen LogP contribution in [-0.2, 0) is 25.5 Å². The second-order valence-electron chi connectivity index (χ2n) is 18.1. The van der Waals surface area contributed by atoms with Gasteiger partial charge in [0.1, 0.15) is 5.52 Å². The SMILES string of the molecule is [2H]C([2H])([2H])c1c[c-]c(-c2nccc(C(C)(C)C)n2)cc1.[2H]C([2H])([2H])c1nc2ccc3c4cc[c-]c(-c5nc6ccc7ccccc7c6n5-c5c(C(C)C)cc(-c6ccccc6)cc5C(C)C)c4oc3c2o1.[Ir]. The number of hydrogen-bond donors (Lipinski definition) is 0. The molecular weight excluding hydrogens is 991 g/mol. The molecule has 7 aromatic carbocycles. The molecule has 0 amide bonds. The number of oxazole rings is 1. The number of rotatable bonds is 6. The average molecular weight is 1050 g/mol. The summed E-state index contributed by atoms with van der Waals surface area (Å²) in [6, 6.07) is 48.5. The van der Waals surface area contributed by atoms with E-state index in [9.17, 15) is 0 Å². The van der Waals surface area contributed by atoms with Crippen LogP contribution in [0, 0.1) is 25.8 Å². The molecule has 1 radical (unpaired) electrons. The zero-order valence-electron chi connectivity index (χ0n) is 43.7. The van der Waals surface area contributed by atoms with Gasteiger partial charge in [0.15, 0.2) is 17.1 Å². The fraction of sp³-hybridized carbons (Fsp3) is 0.207. The van der Waals surface area contributed by atoms with Gasteiger partial charge in [-0.15, -0.1) is 53.6 Å². The van der Waals surface area contributed by atoms with Crippen molar-refractivity contribution in [2.24, 2.45) is 0 Å². The van der Waals surface area contributed by atoms with E-state index in [-0.39, 0.29) is 48.8 Å². The van der Waals surface area contributed by atoms with E-state index in [0.29, 0.717) is 45.0 Å². The maximum absolute atomic E-state index is 7.87. The van der Waals surface area contributed by atoms with Gasteiger partial charge in [-0.3, -0.25) is 15.0 Å². The Morgan fingerprint density at radius 1 is 0.652 bits per heavy atom. The first kappa shape index (κ1) is 37.5. The zero-order valence-corrected chi connectivity index (χ0v) is 40.1. The van der Waals surface area contributed by atoms with Crippen LogP contribution >= 0.6 is 0 Å². The van der Waals surface area contributed by atoms with Crippen LogP contribution in [0.5, 0.6) is 0 Å². The van der Waals surface area contributed by atoms with E-state index in [0.717, 1.165) is 44.0 Å². The van der Waals surface area contributed by atoms with Crippen molar-refractivity contribution >= 4 is 54.8 Å². The summed E-state index contributed by atoms with van der Waals surface area (Å²) in [5.74, 6) is 1.35. The minimum Gasteiger partial charge on any atom is -0.497 e. The van der Waals surface area contributed by atoms with Crippen LogP contribution in [0.4, 0.5) is 0 Å². The van der Waals surface area contributed by atoms with Crippen molar-refractivity contribution in [3.63, 3.8) is 0 Å². The van der Waals surface area contributed by atoms with Gasteiger partial charge >= 0.3 is 0 Å². The van der Waals surface area contributed by atoms with Crippen LogP contribution < -0.4 is 0 Å². The van der Waals surface area contributed by atoms with Crippen LogP contribution in [0.25, 0.3) is 94.4 Å². The third-order valence-corrected chi connectivity index (χ3v) is 11.9. The molecule has 4 heterocycles. The van der Waals surface area contributed by atoms with Crippen molar-refractivity contribution in [2.45, 2.75) is 79.4 Å². The Hall–Kier alpha value is -6.73. The van der Waals surface area contributed by atoms with E-state index in [1.165, 1.54) is 28.3 Å². The fourth-order valence-electron chi connectivity index (χ4n) is 8.66. The Kier molecular flexibility index (Phi) is 9.98. The summed E-state index contributed by atoms with van der Waals surface area (Å²) in [6.07, 6.45) is 1.72. The minimum absolute atomic E-state index is 0. The molecule has 0 N–H and O–H groups in total. The summed E-state index contributed by atoms with van der Waals surface area (Å²) in [4.78, 5) is 18.4. The van der Waals surface area contributed by atoms with Gasteiger partial charge in [0.25, 0.3) is 0 Å². The number of benzene rings is 7. The fourth-order valence-corrected chi connectivity index (χ4v) is 8.66. The molecule has 11 rings (SSSR count). The van der Waals surface area contributed by atoms with Gasteiger partial charge < -0.3 is 13.4 Å². The first-order valence-electron chi connectivity index (χ1n) is 24.9. The van der Waals surface area contributed by atoms with E-state index < -0.39 is 13.7 Å². The average Bonchev–Trinajstić information content (AvgIpc) is 4.08.